The van der Waals surface area contributed by atoms with Gasteiger partial charge in [0.2, 0.25) is 0 Å². The Kier molecular flexibility index (Phi) is 3.16. The maximum Gasteiger partial charge on any atom is 0.180 e. The van der Waals surface area contributed by atoms with Crippen molar-refractivity contribution in [2.24, 2.45) is 0 Å². The zero-order valence-electron chi connectivity index (χ0n) is 10.7. The average molecular weight is 273 g/mol. The van der Waals surface area contributed by atoms with E-state index in [0.29, 0.717) is 5.13 Å². The van der Waals surface area contributed by atoms with E-state index >= 15 is 0 Å². The Morgan fingerprint density at radius 3 is 2.89 bits per heavy atom. The van der Waals surface area contributed by atoms with E-state index in [1.54, 1.807) is 0 Å². The highest BCUT2D eigenvalue weighted by Gasteiger charge is 2.05. The van der Waals surface area contributed by atoms with Gasteiger partial charge in [-0.2, -0.15) is 0 Å². The lowest BCUT2D eigenvalue weighted by Gasteiger charge is -1.95. The number of hydrogen-bond donors (Lipinski definition) is 2. The van der Waals surface area contributed by atoms with Crippen LogP contribution in [0.15, 0.2) is 17.5 Å². The highest BCUT2D eigenvalue weighted by molar-refractivity contribution is 7.13. The summed E-state index contributed by atoms with van der Waals surface area (Å²) in [7, 11) is 0. The number of nitrogens with one attached hydrogen (secondary N) is 1. The first-order chi connectivity index (χ1) is 9.20. The molecule has 0 saturated heterocycles. The molecule has 0 aliphatic heterocycles. The maximum absolute atomic E-state index is 5.61. The van der Waals surface area contributed by atoms with Crippen LogP contribution in [0.4, 0.5) is 5.13 Å². The third kappa shape index (κ3) is 2.73. The molecule has 3 N–H and O–H groups in total. The van der Waals surface area contributed by atoms with Crippen molar-refractivity contribution in [3.63, 3.8) is 0 Å². The van der Waals surface area contributed by atoms with Gasteiger partial charge in [0.05, 0.1) is 11.2 Å². The van der Waals surface area contributed by atoms with Crippen LogP contribution in [-0.4, -0.2) is 19.9 Å². The number of hydrogen-bond acceptors (Lipinski definition) is 5. The third-order valence-electron chi connectivity index (χ3n) is 2.95. The smallest absolute Gasteiger partial charge is 0.180 e. The van der Waals surface area contributed by atoms with Crippen molar-refractivity contribution in [3.05, 3.63) is 34.7 Å². The summed E-state index contributed by atoms with van der Waals surface area (Å²) in [6, 6.07) is 4.01. The number of anilines is 1. The Balaban J connectivity index is 1.65. The Bertz CT molecular complexity index is 700. The highest BCUT2D eigenvalue weighted by Crippen LogP contribution is 2.14. The van der Waals surface area contributed by atoms with E-state index in [2.05, 4.69) is 19.9 Å². The largest absolute Gasteiger partial charge is 0.375 e. The Hall–Kier alpha value is -1.95. The molecule has 0 bridgehead atoms. The number of rotatable bonds is 4. The number of imidazole rings is 1. The van der Waals surface area contributed by atoms with E-state index in [1.165, 1.54) is 11.3 Å². The summed E-state index contributed by atoms with van der Waals surface area (Å²) in [6.07, 6.45) is 2.83. The first-order valence-corrected chi connectivity index (χ1v) is 7.11. The van der Waals surface area contributed by atoms with Crippen LogP contribution in [0.2, 0.25) is 0 Å². The first-order valence-electron chi connectivity index (χ1n) is 6.23. The topological polar surface area (TPSA) is 80.5 Å². The van der Waals surface area contributed by atoms with Gasteiger partial charge in [-0.15, -0.1) is 11.3 Å². The molecule has 0 unspecified atom stereocenters. The lowest BCUT2D eigenvalue weighted by atomic mass is 10.2. The van der Waals surface area contributed by atoms with Crippen LogP contribution in [0, 0.1) is 6.92 Å². The molecule has 0 amide bonds. The minimum atomic E-state index is 0.637. The van der Waals surface area contributed by atoms with Crippen LogP contribution in [0.5, 0.6) is 0 Å². The molecule has 3 aromatic heterocycles. The van der Waals surface area contributed by atoms with Gasteiger partial charge in [-0.3, -0.25) is 0 Å². The first kappa shape index (κ1) is 12.1. The van der Waals surface area contributed by atoms with Gasteiger partial charge < -0.3 is 10.7 Å². The second-order valence-electron chi connectivity index (χ2n) is 4.54. The molecule has 0 aromatic carbocycles. The molecule has 6 heteroatoms. The summed E-state index contributed by atoms with van der Waals surface area (Å²) in [5, 5.41) is 2.65. The minimum Gasteiger partial charge on any atom is -0.375 e. The molecule has 3 rings (SSSR count). The molecule has 0 fully saturated rings. The number of nitrogen functional groups attached to an aromatic ring is 1. The number of thiazole rings is 1. The predicted octanol–water partition coefficient (Wildman–Crippen LogP) is 2.48. The third-order valence-corrected chi connectivity index (χ3v) is 3.67. The van der Waals surface area contributed by atoms with E-state index in [4.69, 9.17) is 5.73 Å². The number of pyridine rings is 1. The van der Waals surface area contributed by atoms with Gasteiger partial charge in [-0.1, -0.05) is 0 Å². The summed E-state index contributed by atoms with van der Waals surface area (Å²) in [5.41, 5.74) is 9.46. The van der Waals surface area contributed by atoms with E-state index in [1.807, 2.05) is 24.4 Å². The monoisotopic (exact) mass is 273 g/mol. The lowest BCUT2D eigenvalue weighted by Crippen LogP contribution is -1.93. The van der Waals surface area contributed by atoms with Gasteiger partial charge in [0.15, 0.2) is 10.8 Å². The molecule has 98 valence electrons. The van der Waals surface area contributed by atoms with Gasteiger partial charge in [0.1, 0.15) is 5.82 Å². The second kappa shape index (κ2) is 4.97. The summed E-state index contributed by atoms with van der Waals surface area (Å²) >= 11 is 1.49. The average Bonchev–Trinajstić information content (AvgIpc) is 2.95. The number of aryl methyl sites for hydroxylation is 3. The van der Waals surface area contributed by atoms with Crippen molar-refractivity contribution < 1.29 is 0 Å². The number of fused-ring (bicyclic) bond motifs is 1. The molecular formula is C13H15N5S. The maximum atomic E-state index is 5.61. The van der Waals surface area contributed by atoms with Crippen molar-refractivity contribution in [3.8, 4) is 0 Å². The minimum absolute atomic E-state index is 0.637. The molecule has 0 atom stereocenters. The quantitative estimate of drug-likeness (QED) is 0.765. The van der Waals surface area contributed by atoms with Crippen LogP contribution in [0.3, 0.4) is 0 Å². The normalized spacial score (nSPS) is 11.2. The molecule has 0 aliphatic rings. The highest BCUT2D eigenvalue weighted by atomic mass is 32.1. The SMILES string of the molecule is Cc1ccc2[nH]c(CCCc3csc(N)n3)nc2n1. The molecule has 0 radical (unpaired) electrons. The number of aromatic amines is 1. The van der Waals surface area contributed by atoms with Gasteiger partial charge in [0, 0.05) is 17.5 Å². The van der Waals surface area contributed by atoms with E-state index in [-0.39, 0.29) is 0 Å². The Morgan fingerprint density at radius 2 is 2.11 bits per heavy atom. The van der Waals surface area contributed by atoms with E-state index in [0.717, 1.165) is 47.6 Å². The van der Waals surface area contributed by atoms with Crippen molar-refractivity contribution in [2.45, 2.75) is 26.2 Å². The molecule has 3 heterocycles. The molecule has 0 aliphatic carbocycles. The van der Waals surface area contributed by atoms with Gasteiger partial charge >= 0.3 is 0 Å². The molecule has 0 spiro atoms. The van der Waals surface area contributed by atoms with Crippen LogP contribution >= 0.6 is 11.3 Å². The lowest BCUT2D eigenvalue weighted by molar-refractivity contribution is 0.774. The number of nitrogens with zero attached hydrogens (tertiary/aromatic N) is 3. The Morgan fingerprint density at radius 1 is 1.21 bits per heavy atom. The molecule has 3 aromatic rings. The predicted molar refractivity (Wildman–Crippen MR) is 77.2 cm³/mol. The summed E-state index contributed by atoms with van der Waals surface area (Å²) in [6.45, 7) is 1.97. The fourth-order valence-corrected chi connectivity index (χ4v) is 2.63. The van der Waals surface area contributed by atoms with Crippen LogP contribution in [-0.2, 0) is 12.8 Å². The molecule has 19 heavy (non-hydrogen) atoms. The molecule has 5 nitrogen and oxygen atoms in total. The zero-order chi connectivity index (χ0) is 13.2. The van der Waals surface area contributed by atoms with Gasteiger partial charge in [-0.25, -0.2) is 15.0 Å². The van der Waals surface area contributed by atoms with Crippen molar-refractivity contribution in [2.75, 3.05) is 5.73 Å². The Labute approximate surface area is 114 Å². The van der Waals surface area contributed by atoms with Crippen LogP contribution < -0.4 is 5.73 Å². The van der Waals surface area contributed by atoms with Gasteiger partial charge in [-0.05, 0) is 31.9 Å². The van der Waals surface area contributed by atoms with Crippen molar-refractivity contribution >= 4 is 27.6 Å². The van der Waals surface area contributed by atoms with E-state index in [9.17, 15) is 0 Å². The molecular weight excluding hydrogens is 258 g/mol. The standard InChI is InChI=1S/C13H15N5S/c1-8-5-6-10-12(15-8)18-11(17-10)4-2-3-9-7-19-13(14)16-9/h5-7H,2-4H2,1H3,(H2,14,16)(H,15,17,18). The van der Waals surface area contributed by atoms with Crippen molar-refractivity contribution in [1.29, 1.82) is 0 Å². The summed E-state index contributed by atoms with van der Waals surface area (Å²) < 4.78 is 0. The van der Waals surface area contributed by atoms with Crippen LogP contribution in [0.25, 0.3) is 11.2 Å². The fourth-order valence-electron chi connectivity index (χ4n) is 2.03. The second-order valence-corrected chi connectivity index (χ2v) is 5.43. The van der Waals surface area contributed by atoms with E-state index < -0.39 is 0 Å². The number of H-pyrrole nitrogens is 1. The number of aromatic nitrogens is 4. The van der Waals surface area contributed by atoms with Crippen molar-refractivity contribution in [1.82, 2.24) is 19.9 Å². The number of nitrogens with two attached hydrogens (primary N) is 1. The van der Waals surface area contributed by atoms with Gasteiger partial charge in [0.25, 0.3) is 0 Å². The zero-order valence-corrected chi connectivity index (χ0v) is 11.5. The fraction of sp³-hybridized carbons (Fsp3) is 0.308. The van der Waals surface area contributed by atoms with Crippen LogP contribution in [0.1, 0.15) is 23.6 Å². The summed E-state index contributed by atoms with van der Waals surface area (Å²) in [5.74, 6) is 0.983. The summed E-state index contributed by atoms with van der Waals surface area (Å²) in [4.78, 5) is 16.4. The molecule has 0 saturated carbocycles.